The van der Waals surface area contributed by atoms with Crippen molar-refractivity contribution in [1.29, 1.82) is 0 Å². The molecule has 0 unspecified atom stereocenters. The lowest BCUT2D eigenvalue weighted by atomic mass is 10.0. The summed E-state index contributed by atoms with van der Waals surface area (Å²) in [5, 5.41) is 4.86. The molecule has 3 rings (SSSR count). The Morgan fingerprint density at radius 2 is 1.64 bits per heavy atom. The smallest absolute Gasteiger partial charge is 0.407 e. The first-order chi connectivity index (χ1) is 10.8. The van der Waals surface area contributed by atoms with Crippen molar-refractivity contribution < 1.29 is 9.53 Å². The van der Waals surface area contributed by atoms with E-state index in [0.29, 0.717) is 19.6 Å². The second-order valence-electron chi connectivity index (χ2n) is 5.04. The third-order valence-corrected chi connectivity index (χ3v) is 3.61. The van der Waals surface area contributed by atoms with Gasteiger partial charge in [0.1, 0.15) is 0 Å². The Morgan fingerprint density at radius 3 is 2.23 bits per heavy atom. The van der Waals surface area contributed by atoms with Crippen molar-refractivity contribution in [3.8, 4) is 0 Å². The van der Waals surface area contributed by atoms with Crippen LogP contribution in [0.2, 0.25) is 0 Å². The highest BCUT2D eigenvalue weighted by molar-refractivity contribution is 5.97. The minimum Gasteiger partial charge on any atom is -0.449 e. The highest BCUT2D eigenvalue weighted by Crippen LogP contribution is 2.26. The van der Waals surface area contributed by atoms with E-state index in [-0.39, 0.29) is 6.09 Å². The van der Waals surface area contributed by atoms with E-state index in [2.05, 4.69) is 17.4 Å². The zero-order valence-corrected chi connectivity index (χ0v) is 12.5. The van der Waals surface area contributed by atoms with Crippen LogP contribution in [-0.4, -0.2) is 24.2 Å². The summed E-state index contributed by atoms with van der Waals surface area (Å²) in [7, 11) is 0. The van der Waals surface area contributed by atoms with E-state index in [0.717, 1.165) is 21.8 Å². The summed E-state index contributed by atoms with van der Waals surface area (Å²) in [6.45, 7) is 2.79. The molecule has 0 bridgehead atoms. The van der Waals surface area contributed by atoms with Crippen LogP contribution in [0.1, 0.15) is 12.5 Å². The van der Waals surface area contributed by atoms with Crippen LogP contribution in [0.5, 0.6) is 0 Å². The topological polar surface area (TPSA) is 51.2 Å². The summed E-state index contributed by atoms with van der Waals surface area (Å²) in [5.41, 5.74) is 3.11. The van der Waals surface area contributed by atoms with Crippen LogP contribution in [0.3, 0.4) is 0 Å². The van der Waals surface area contributed by atoms with Gasteiger partial charge in [-0.15, -0.1) is 0 Å². The molecule has 0 aliphatic heterocycles. The molecule has 4 heteroatoms. The Bertz CT molecular complexity index is 760. The Kier molecular flexibility index (Phi) is 4.19. The number of rotatable bonds is 4. The second-order valence-corrected chi connectivity index (χ2v) is 5.04. The molecule has 2 aromatic carbocycles. The lowest BCUT2D eigenvalue weighted by molar-refractivity contribution is 0.148. The first kappa shape index (κ1) is 14.3. The van der Waals surface area contributed by atoms with Crippen LogP contribution in [0, 0.1) is 0 Å². The maximum Gasteiger partial charge on any atom is 0.407 e. The normalized spacial score (nSPS) is 10.8. The summed E-state index contributed by atoms with van der Waals surface area (Å²) < 4.78 is 5.21. The summed E-state index contributed by atoms with van der Waals surface area (Å²) in [5.74, 6) is 0. The Balaban J connectivity index is 1.96. The first-order valence-corrected chi connectivity index (χ1v) is 7.46. The number of benzene rings is 2. The van der Waals surface area contributed by atoms with E-state index in [1.807, 2.05) is 43.3 Å². The molecular weight excluding hydrogens is 276 g/mol. The fraction of sp³-hybridized carbons (Fsp3) is 0.222. The number of carbonyl (C=O) groups excluding carboxylic acids is 1. The van der Waals surface area contributed by atoms with Crippen molar-refractivity contribution in [1.82, 2.24) is 10.3 Å². The van der Waals surface area contributed by atoms with Crippen LogP contribution in [-0.2, 0) is 11.2 Å². The third kappa shape index (κ3) is 2.86. The number of alkyl carbamates (subject to hydrolysis) is 1. The van der Waals surface area contributed by atoms with Crippen molar-refractivity contribution in [3.63, 3.8) is 0 Å². The van der Waals surface area contributed by atoms with E-state index in [9.17, 15) is 4.79 Å². The number of fused-ring (bicyclic) bond motifs is 2. The van der Waals surface area contributed by atoms with Crippen LogP contribution >= 0.6 is 0 Å². The fourth-order valence-electron chi connectivity index (χ4n) is 2.64. The van der Waals surface area contributed by atoms with E-state index < -0.39 is 0 Å². The molecule has 1 aromatic heterocycles. The number of aromatic nitrogens is 1. The van der Waals surface area contributed by atoms with Gasteiger partial charge in [0.05, 0.1) is 17.6 Å². The molecule has 3 aromatic rings. The van der Waals surface area contributed by atoms with Gasteiger partial charge >= 0.3 is 6.09 Å². The Morgan fingerprint density at radius 1 is 1.05 bits per heavy atom. The highest BCUT2D eigenvalue weighted by Gasteiger charge is 2.09. The number of nitrogens with one attached hydrogen (secondary N) is 1. The maximum atomic E-state index is 11.4. The van der Waals surface area contributed by atoms with Crippen molar-refractivity contribution in [2.24, 2.45) is 0 Å². The largest absolute Gasteiger partial charge is 0.449 e. The van der Waals surface area contributed by atoms with Crippen molar-refractivity contribution >= 4 is 27.9 Å². The van der Waals surface area contributed by atoms with Gasteiger partial charge in [0.2, 0.25) is 0 Å². The van der Waals surface area contributed by atoms with Crippen LogP contribution in [0.25, 0.3) is 21.8 Å². The molecule has 0 radical (unpaired) electrons. The molecule has 1 amide bonds. The number of pyridine rings is 1. The van der Waals surface area contributed by atoms with Crippen molar-refractivity contribution in [2.45, 2.75) is 13.3 Å². The number of carbonyl (C=O) groups is 1. The molecule has 22 heavy (non-hydrogen) atoms. The predicted octanol–water partition coefficient (Wildman–Crippen LogP) is 3.68. The monoisotopic (exact) mass is 294 g/mol. The Labute approximate surface area is 129 Å². The second kappa shape index (κ2) is 6.43. The molecule has 0 aliphatic rings. The van der Waals surface area contributed by atoms with E-state index in [1.54, 1.807) is 0 Å². The van der Waals surface area contributed by atoms with E-state index in [1.165, 1.54) is 5.56 Å². The molecule has 0 saturated heterocycles. The number of nitrogens with zero attached hydrogens (tertiary/aromatic N) is 1. The standard InChI is InChI=1S/C18H18N2O2/c1-2-19-18(21)22-12-11-13-14-7-3-5-9-16(14)20-17-10-6-4-8-15(13)17/h3-10H,2,11-12H2,1H3,(H,19,21). The van der Waals surface area contributed by atoms with Gasteiger partial charge in [0.25, 0.3) is 0 Å². The van der Waals surface area contributed by atoms with Crippen molar-refractivity contribution in [3.05, 3.63) is 54.1 Å². The molecule has 112 valence electrons. The highest BCUT2D eigenvalue weighted by atomic mass is 16.5. The molecule has 1 heterocycles. The average Bonchev–Trinajstić information content (AvgIpc) is 2.54. The van der Waals surface area contributed by atoms with E-state index >= 15 is 0 Å². The molecule has 0 aliphatic carbocycles. The van der Waals surface area contributed by atoms with E-state index in [4.69, 9.17) is 9.72 Å². The van der Waals surface area contributed by atoms with Gasteiger partial charge < -0.3 is 10.1 Å². The predicted molar refractivity (Wildman–Crippen MR) is 88.0 cm³/mol. The molecule has 0 atom stereocenters. The molecule has 0 fully saturated rings. The van der Waals surface area contributed by atoms with Gasteiger partial charge in [0.15, 0.2) is 0 Å². The van der Waals surface area contributed by atoms with Gasteiger partial charge in [-0.3, -0.25) is 0 Å². The van der Waals surface area contributed by atoms with Crippen LogP contribution in [0.4, 0.5) is 4.79 Å². The summed E-state index contributed by atoms with van der Waals surface area (Å²) >= 11 is 0. The maximum absolute atomic E-state index is 11.4. The molecule has 1 N–H and O–H groups in total. The minimum absolute atomic E-state index is 0.351. The van der Waals surface area contributed by atoms with Gasteiger partial charge in [-0.05, 0) is 24.6 Å². The summed E-state index contributed by atoms with van der Waals surface area (Å²) in [4.78, 5) is 16.1. The Hall–Kier alpha value is -2.62. The minimum atomic E-state index is -0.370. The van der Waals surface area contributed by atoms with Gasteiger partial charge in [0, 0.05) is 23.7 Å². The molecule has 4 nitrogen and oxygen atoms in total. The van der Waals surface area contributed by atoms with Crippen LogP contribution < -0.4 is 5.32 Å². The number of hydrogen-bond donors (Lipinski definition) is 1. The average molecular weight is 294 g/mol. The number of ether oxygens (including phenoxy) is 1. The lowest BCUT2D eigenvalue weighted by Crippen LogP contribution is -2.24. The number of amides is 1. The number of hydrogen-bond acceptors (Lipinski definition) is 3. The zero-order valence-electron chi connectivity index (χ0n) is 12.5. The first-order valence-electron chi connectivity index (χ1n) is 7.46. The summed E-state index contributed by atoms with van der Waals surface area (Å²) in [6.07, 6.45) is 0.297. The molecule has 0 spiro atoms. The SMILES string of the molecule is CCNC(=O)OCCc1c2ccccc2nc2ccccc12. The molecule has 0 saturated carbocycles. The van der Waals surface area contributed by atoms with Crippen LogP contribution in [0.15, 0.2) is 48.5 Å². The van der Waals surface area contributed by atoms with Gasteiger partial charge in [-0.1, -0.05) is 36.4 Å². The fourth-order valence-corrected chi connectivity index (χ4v) is 2.64. The summed E-state index contributed by atoms with van der Waals surface area (Å²) in [6, 6.07) is 16.1. The van der Waals surface area contributed by atoms with Gasteiger partial charge in [-0.25, -0.2) is 9.78 Å². The third-order valence-electron chi connectivity index (χ3n) is 3.61. The van der Waals surface area contributed by atoms with Gasteiger partial charge in [-0.2, -0.15) is 0 Å². The zero-order chi connectivity index (χ0) is 15.4. The number of para-hydroxylation sites is 2. The lowest BCUT2D eigenvalue weighted by Gasteiger charge is -2.11. The van der Waals surface area contributed by atoms with Crippen molar-refractivity contribution in [2.75, 3.05) is 13.2 Å². The quantitative estimate of drug-likeness (QED) is 0.747. The molecular formula is C18H18N2O2.